The molecule has 0 aliphatic carbocycles. The molecule has 1 amide bonds. The summed E-state index contributed by atoms with van der Waals surface area (Å²) in [6.45, 7) is 6.83. The Balaban J connectivity index is 1.94. The summed E-state index contributed by atoms with van der Waals surface area (Å²) in [5.74, 6) is -0.0981. The van der Waals surface area contributed by atoms with E-state index in [4.69, 9.17) is 25.8 Å². The number of methoxy groups -OCH3 is 1. The Morgan fingerprint density at radius 3 is 2.46 bits per heavy atom. The van der Waals surface area contributed by atoms with Crippen molar-refractivity contribution in [2.45, 2.75) is 33.8 Å². The molecule has 0 aliphatic heterocycles. The molecule has 0 aliphatic rings. The number of halogens is 1. The number of carbonyl (C=O) groups excluding carboxylic acids is 2. The van der Waals surface area contributed by atoms with Crippen molar-refractivity contribution >= 4 is 29.2 Å². The highest BCUT2D eigenvalue weighted by Gasteiger charge is 2.20. The van der Waals surface area contributed by atoms with Gasteiger partial charge >= 0.3 is 5.97 Å². The van der Waals surface area contributed by atoms with Gasteiger partial charge < -0.3 is 19.5 Å². The lowest BCUT2D eigenvalue weighted by Crippen LogP contribution is -2.31. The van der Waals surface area contributed by atoms with Gasteiger partial charge in [0.25, 0.3) is 5.91 Å². The third-order valence-electron chi connectivity index (χ3n) is 4.11. The number of hydrogen-bond acceptors (Lipinski definition) is 5. The molecule has 28 heavy (non-hydrogen) atoms. The highest BCUT2D eigenvalue weighted by Crippen LogP contribution is 2.31. The maximum atomic E-state index is 12.4. The van der Waals surface area contributed by atoms with E-state index in [1.807, 2.05) is 39.0 Å². The van der Waals surface area contributed by atoms with Gasteiger partial charge in [-0.15, -0.1) is 0 Å². The van der Waals surface area contributed by atoms with Crippen LogP contribution in [0, 0.1) is 20.8 Å². The van der Waals surface area contributed by atoms with E-state index in [0.29, 0.717) is 22.2 Å². The molecule has 150 valence electrons. The summed E-state index contributed by atoms with van der Waals surface area (Å²) in [5.41, 5.74) is 3.16. The van der Waals surface area contributed by atoms with Crippen LogP contribution in [0.1, 0.15) is 23.6 Å². The van der Waals surface area contributed by atoms with E-state index in [2.05, 4.69) is 5.32 Å². The average Bonchev–Trinajstić information content (AvgIpc) is 2.65. The number of nitrogens with one attached hydrogen (secondary N) is 1. The lowest BCUT2D eigenvalue weighted by atomic mass is 10.1. The monoisotopic (exact) mass is 405 g/mol. The standard InChI is InChI=1S/C21H24ClNO5/c1-12-6-7-13(2)18(8-12)27-11-20(24)28-15(4)21(25)23-17-9-14(3)16(22)10-19(17)26-5/h6-10,15H,11H2,1-5H3,(H,23,25). The Morgan fingerprint density at radius 2 is 1.79 bits per heavy atom. The lowest BCUT2D eigenvalue weighted by Gasteiger charge is -2.16. The normalized spacial score (nSPS) is 11.5. The predicted octanol–water partition coefficient (Wildman–Crippen LogP) is 4.22. The second-order valence-corrected chi connectivity index (χ2v) is 6.89. The van der Waals surface area contributed by atoms with Gasteiger partial charge in [-0.2, -0.15) is 0 Å². The molecule has 2 aromatic rings. The fourth-order valence-electron chi connectivity index (χ4n) is 2.45. The van der Waals surface area contributed by atoms with Crippen molar-refractivity contribution in [3.05, 3.63) is 52.0 Å². The molecule has 1 unspecified atom stereocenters. The first-order chi connectivity index (χ1) is 13.2. The summed E-state index contributed by atoms with van der Waals surface area (Å²) >= 11 is 6.06. The fourth-order valence-corrected chi connectivity index (χ4v) is 2.60. The molecule has 0 spiro atoms. The van der Waals surface area contributed by atoms with E-state index in [1.165, 1.54) is 14.0 Å². The zero-order chi connectivity index (χ0) is 20.8. The number of benzene rings is 2. The minimum atomic E-state index is -1.00. The van der Waals surface area contributed by atoms with Crippen molar-refractivity contribution in [3.63, 3.8) is 0 Å². The van der Waals surface area contributed by atoms with E-state index in [9.17, 15) is 9.59 Å². The molecule has 0 saturated carbocycles. The first-order valence-corrected chi connectivity index (χ1v) is 9.13. The van der Waals surface area contributed by atoms with Crippen LogP contribution < -0.4 is 14.8 Å². The minimum absolute atomic E-state index is 0.286. The Bertz CT molecular complexity index is 881. The minimum Gasteiger partial charge on any atom is -0.495 e. The Labute approximate surface area is 169 Å². The molecule has 1 atom stereocenters. The van der Waals surface area contributed by atoms with E-state index < -0.39 is 18.0 Å². The highest BCUT2D eigenvalue weighted by atomic mass is 35.5. The first-order valence-electron chi connectivity index (χ1n) is 8.75. The number of aryl methyl sites for hydroxylation is 3. The van der Waals surface area contributed by atoms with Crippen LogP contribution in [0.25, 0.3) is 0 Å². The van der Waals surface area contributed by atoms with E-state index in [1.54, 1.807) is 12.1 Å². The average molecular weight is 406 g/mol. The summed E-state index contributed by atoms with van der Waals surface area (Å²) in [6, 6.07) is 9.01. The summed E-state index contributed by atoms with van der Waals surface area (Å²) in [4.78, 5) is 24.4. The number of carbonyl (C=O) groups is 2. The maximum Gasteiger partial charge on any atom is 0.344 e. The van der Waals surface area contributed by atoms with Crippen molar-refractivity contribution in [2.24, 2.45) is 0 Å². The number of rotatable bonds is 7. The summed E-state index contributed by atoms with van der Waals surface area (Å²) in [6.07, 6.45) is -1.00. The molecule has 2 aromatic carbocycles. The molecule has 2 rings (SSSR count). The molecule has 6 nitrogen and oxygen atoms in total. The predicted molar refractivity (Wildman–Crippen MR) is 108 cm³/mol. The van der Waals surface area contributed by atoms with Crippen molar-refractivity contribution in [1.29, 1.82) is 0 Å². The topological polar surface area (TPSA) is 73.9 Å². The zero-order valence-corrected chi connectivity index (χ0v) is 17.3. The number of amides is 1. The van der Waals surface area contributed by atoms with E-state index in [-0.39, 0.29) is 6.61 Å². The maximum absolute atomic E-state index is 12.4. The van der Waals surface area contributed by atoms with Crippen LogP contribution in [0.5, 0.6) is 11.5 Å². The van der Waals surface area contributed by atoms with E-state index in [0.717, 1.165) is 16.7 Å². The van der Waals surface area contributed by atoms with Gasteiger partial charge in [0.2, 0.25) is 0 Å². The number of hydrogen-bond donors (Lipinski definition) is 1. The Morgan fingerprint density at radius 1 is 1.07 bits per heavy atom. The molecule has 0 aromatic heterocycles. The van der Waals surface area contributed by atoms with Gasteiger partial charge in [0.1, 0.15) is 11.5 Å². The van der Waals surface area contributed by atoms with Crippen LogP contribution >= 0.6 is 11.6 Å². The third-order valence-corrected chi connectivity index (χ3v) is 4.51. The van der Waals surface area contributed by atoms with Crippen LogP contribution in [0.4, 0.5) is 5.69 Å². The van der Waals surface area contributed by atoms with Crippen molar-refractivity contribution in [3.8, 4) is 11.5 Å². The molecule has 0 heterocycles. The molecule has 0 radical (unpaired) electrons. The Kier molecular flexibility index (Phi) is 7.29. The van der Waals surface area contributed by atoms with Gasteiger partial charge in [-0.25, -0.2) is 4.79 Å². The van der Waals surface area contributed by atoms with Gasteiger partial charge in [0.15, 0.2) is 12.7 Å². The van der Waals surface area contributed by atoms with Crippen LogP contribution in [0.2, 0.25) is 5.02 Å². The van der Waals surface area contributed by atoms with Gasteiger partial charge in [0, 0.05) is 11.1 Å². The molecule has 0 bridgehead atoms. The fraction of sp³-hybridized carbons (Fsp3) is 0.333. The molecule has 7 heteroatoms. The van der Waals surface area contributed by atoms with E-state index >= 15 is 0 Å². The number of esters is 1. The summed E-state index contributed by atoms with van der Waals surface area (Å²) in [5, 5.41) is 3.21. The smallest absolute Gasteiger partial charge is 0.344 e. The molecule has 0 fully saturated rings. The first kappa shape index (κ1) is 21.6. The highest BCUT2D eigenvalue weighted by molar-refractivity contribution is 6.31. The van der Waals surface area contributed by atoms with Gasteiger partial charge in [-0.1, -0.05) is 23.7 Å². The lowest BCUT2D eigenvalue weighted by molar-refractivity contribution is -0.155. The second kappa shape index (κ2) is 9.46. The number of anilines is 1. The van der Waals surface area contributed by atoms with Crippen LogP contribution in [0.3, 0.4) is 0 Å². The van der Waals surface area contributed by atoms with Gasteiger partial charge in [-0.05, 0) is 56.5 Å². The molecule has 1 N–H and O–H groups in total. The SMILES string of the molecule is COc1cc(Cl)c(C)cc1NC(=O)C(C)OC(=O)COc1cc(C)ccc1C. The van der Waals surface area contributed by atoms with Crippen LogP contribution in [0.15, 0.2) is 30.3 Å². The Hall–Kier alpha value is -2.73. The largest absolute Gasteiger partial charge is 0.495 e. The van der Waals surface area contributed by atoms with Crippen molar-refractivity contribution in [1.82, 2.24) is 0 Å². The van der Waals surface area contributed by atoms with Crippen LogP contribution in [-0.2, 0) is 14.3 Å². The molecule has 0 saturated heterocycles. The number of ether oxygens (including phenoxy) is 3. The van der Waals surface area contributed by atoms with Crippen molar-refractivity contribution in [2.75, 3.05) is 19.0 Å². The quantitative estimate of drug-likeness (QED) is 0.698. The van der Waals surface area contributed by atoms with Gasteiger partial charge in [-0.3, -0.25) is 4.79 Å². The molecular formula is C21H24ClNO5. The summed E-state index contributed by atoms with van der Waals surface area (Å²) in [7, 11) is 1.48. The molecular weight excluding hydrogens is 382 g/mol. The zero-order valence-electron chi connectivity index (χ0n) is 16.6. The second-order valence-electron chi connectivity index (χ2n) is 6.48. The van der Waals surface area contributed by atoms with Gasteiger partial charge in [0.05, 0.1) is 12.8 Å². The third kappa shape index (κ3) is 5.63. The summed E-state index contributed by atoms with van der Waals surface area (Å²) < 4.78 is 15.9. The van der Waals surface area contributed by atoms with Crippen LogP contribution in [-0.4, -0.2) is 31.7 Å². The van der Waals surface area contributed by atoms with Crippen molar-refractivity contribution < 1.29 is 23.8 Å².